The summed E-state index contributed by atoms with van der Waals surface area (Å²) < 4.78 is 0. The van der Waals surface area contributed by atoms with Crippen LogP contribution >= 0.6 is 0 Å². The maximum absolute atomic E-state index is 12.0. The Morgan fingerprint density at radius 3 is 2.75 bits per heavy atom. The van der Waals surface area contributed by atoms with Crippen molar-refractivity contribution in [3.05, 3.63) is 58.4 Å². The van der Waals surface area contributed by atoms with Crippen LogP contribution in [0.2, 0.25) is 0 Å². The molecule has 2 rings (SSSR count). The number of nitrogens with one attached hydrogen (secondary N) is 1. The van der Waals surface area contributed by atoms with E-state index >= 15 is 0 Å². The molecule has 0 saturated heterocycles. The lowest BCUT2D eigenvalue weighted by Crippen LogP contribution is -2.04. The Morgan fingerprint density at radius 1 is 1.10 bits per heavy atom. The molecule has 0 bridgehead atoms. The molecule has 0 unspecified atom stereocenters. The van der Waals surface area contributed by atoms with Gasteiger partial charge >= 0.3 is 0 Å². The Hall–Kier alpha value is -1.83. The monoisotopic (exact) mass is 269 g/mol. The van der Waals surface area contributed by atoms with Crippen molar-refractivity contribution < 1.29 is 0 Å². The van der Waals surface area contributed by atoms with E-state index in [4.69, 9.17) is 0 Å². The molecule has 0 aliphatic rings. The van der Waals surface area contributed by atoms with Gasteiger partial charge in [0, 0.05) is 22.7 Å². The molecule has 20 heavy (non-hydrogen) atoms. The number of para-hydroxylation sites is 1. The fourth-order valence-electron chi connectivity index (χ4n) is 2.37. The van der Waals surface area contributed by atoms with E-state index < -0.39 is 0 Å². The Balaban J connectivity index is 1.92. The van der Waals surface area contributed by atoms with Crippen molar-refractivity contribution in [2.45, 2.75) is 45.4 Å². The number of unbranched alkanes of at least 4 members (excludes halogenated alkanes) is 3. The van der Waals surface area contributed by atoms with E-state index in [1.165, 1.54) is 25.7 Å². The molecule has 0 saturated carbocycles. The quantitative estimate of drug-likeness (QED) is 0.578. The fourth-order valence-corrected chi connectivity index (χ4v) is 2.37. The molecule has 1 N–H and O–H groups in total. The maximum Gasteiger partial charge on any atom is 0.189 e. The first-order valence-electron chi connectivity index (χ1n) is 7.57. The summed E-state index contributed by atoms with van der Waals surface area (Å²) in [6.45, 7) is 2.22. The number of aromatic amines is 1. The number of fused-ring (bicyclic) bond motifs is 1. The summed E-state index contributed by atoms with van der Waals surface area (Å²) in [5, 5.41) is 0.770. The normalized spacial score (nSPS) is 11.4. The average Bonchev–Trinajstić information content (AvgIpc) is 2.46. The molecular weight excluding hydrogens is 246 g/mol. The molecule has 1 heterocycles. The van der Waals surface area contributed by atoms with Crippen molar-refractivity contribution in [3.63, 3.8) is 0 Å². The molecule has 0 spiro atoms. The maximum atomic E-state index is 12.0. The second kappa shape index (κ2) is 7.68. The first-order chi connectivity index (χ1) is 9.81. The van der Waals surface area contributed by atoms with Gasteiger partial charge in [-0.15, -0.1) is 0 Å². The summed E-state index contributed by atoms with van der Waals surface area (Å²) in [4.78, 5) is 15.3. The van der Waals surface area contributed by atoms with Gasteiger partial charge in [-0.25, -0.2) is 0 Å². The Kier molecular flexibility index (Phi) is 5.60. The van der Waals surface area contributed by atoms with Gasteiger partial charge in [-0.3, -0.25) is 4.79 Å². The molecule has 0 aliphatic carbocycles. The number of pyridine rings is 1. The molecule has 0 radical (unpaired) electrons. The van der Waals surface area contributed by atoms with E-state index in [-0.39, 0.29) is 5.43 Å². The van der Waals surface area contributed by atoms with Crippen molar-refractivity contribution in [1.29, 1.82) is 0 Å². The average molecular weight is 269 g/mol. The zero-order chi connectivity index (χ0) is 14.2. The molecule has 106 valence electrons. The van der Waals surface area contributed by atoms with E-state index in [1.807, 2.05) is 24.3 Å². The molecule has 2 nitrogen and oxygen atoms in total. The molecule has 2 aromatic rings. The number of aryl methyl sites for hydroxylation is 1. The van der Waals surface area contributed by atoms with E-state index in [9.17, 15) is 4.79 Å². The molecule has 1 aromatic heterocycles. The Bertz CT molecular complexity index is 625. The number of hydrogen-bond donors (Lipinski definition) is 1. The molecule has 0 fully saturated rings. The minimum absolute atomic E-state index is 0.112. The summed E-state index contributed by atoms with van der Waals surface area (Å²) in [6, 6.07) is 9.41. The fraction of sp³-hybridized carbons (Fsp3) is 0.389. The van der Waals surface area contributed by atoms with E-state index in [0.717, 1.165) is 29.4 Å². The van der Waals surface area contributed by atoms with Crippen molar-refractivity contribution in [3.8, 4) is 0 Å². The highest BCUT2D eigenvalue weighted by molar-refractivity contribution is 5.78. The Morgan fingerprint density at radius 2 is 1.90 bits per heavy atom. The van der Waals surface area contributed by atoms with Gasteiger partial charge in [0.15, 0.2) is 5.43 Å². The van der Waals surface area contributed by atoms with Crippen LogP contribution < -0.4 is 5.43 Å². The van der Waals surface area contributed by atoms with Gasteiger partial charge < -0.3 is 4.98 Å². The lowest BCUT2D eigenvalue weighted by Gasteiger charge is -2.02. The minimum Gasteiger partial charge on any atom is -0.358 e. The second-order valence-electron chi connectivity index (χ2n) is 5.21. The molecule has 0 aliphatic heterocycles. The van der Waals surface area contributed by atoms with Gasteiger partial charge in [0.25, 0.3) is 0 Å². The summed E-state index contributed by atoms with van der Waals surface area (Å²) in [7, 11) is 0. The van der Waals surface area contributed by atoms with Crippen LogP contribution in [0.25, 0.3) is 10.9 Å². The van der Waals surface area contributed by atoms with Gasteiger partial charge in [-0.2, -0.15) is 0 Å². The molecule has 0 amide bonds. The lowest BCUT2D eigenvalue weighted by atomic mass is 10.1. The zero-order valence-electron chi connectivity index (χ0n) is 12.2. The van der Waals surface area contributed by atoms with E-state index in [0.29, 0.717) is 0 Å². The smallest absolute Gasteiger partial charge is 0.189 e. The highest BCUT2D eigenvalue weighted by atomic mass is 16.1. The largest absolute Gasteiger partial charge is 0.358 e. The number of allylic oxidation sites excluding steroid dienone is 2. The number of hydrogen-bond acceptors (Lipinski definition) is 1. The van der Waals surface area contributed by atoms with E-state index in [2.05, 4.69) is 24.1 Å². The van der Waals surface area contributed by atoms with Gasteiger partial charge in [0.1, 0.15) is 0 Å². The summed E-state index contributed by atoms with van der Waals surface area (Å²) in [5.41, 5.74) is 2.06. The third-order valence-corrected chi connectivity index (χ3v) is 3.51. The predicted molar refractivity (Wildman–Crippen MR) is 86.2 cm³/mol. The third kappa shape index (κ3) is 4.09. The van der Waals surface area contributed by atoms with Crippen molar-refractivity contribution in [2.24, 2.45) is 0 Å². The van der Waals surface area contributed by atoms with E-state index in [1.54, 1.807) is 6.07 Å². The Labute approximate surface area is 120 Å². The first-order valence-corrected chi connectivity index (χ1v) is 7.57. The molecule has 0 atom stereocenters. The first kappa shape index (κ1) is 14.6. The van der Waals surface area contributed by atoms with Gasteiger partial charge in [-0.05, 0) is 37.8 Å². The minimum atomic E-state index is 0.112. The topological polar surface area (TPSA) is 32.9 Å². The number of benzene rings is 1. The van der Waals surface area contributed by atoms with Crippen molar-refractivity contribution >= 4 is 10.9 Å². The van der Waals surface area contributed by atoms with Crippen LogP contribution in [0, 0.1) is 0 Å². The zero-order valence-corrected chi connectivity index (χ0v) is 12.2. The summed E-state index contributed by atoms with van der Waals surface area (Å²) >= 11 is 0. The van der Waals surface area contributed by atoms with Crippen LogP contribution in [0.15, 0.2) is 47.3 Å². The van der Waals surface area contributed by atoms with Crippen LogP contribution in [0.4, 0.5) is 0 Å². The molecule has 1 aromatic carbocycles. The standard InChI is InChI=1S/C18H23NO/c1-2-3-4-5-6-7-8-11-15-14-18(20)16-12-9-10-13-17(16)19-15/h6-7,9-10,12-14H,2-5,8,11H2,1H3,(H,19,20). The van der Waals surface area contributed by atoms with Crippen LogP contribution in [-0.4, -0.2) is 4.98 Å². The van der Waals surface area contributed by atoms with Gasteiger partial charge in [0.05, 0.1) is 0 Å². The van der Waals surface area contributed by atoms with Crippen molar-refractivity contribution in [1.82, 2.24) is 4.98 Å². The number of H-pyrrole nitrogens is 1. The molecule has 2 heteroatoms. The van der Waals surface area contributed by atoms with Crippen LogP contribution in [0.5, 0.6) is 0 Å². The number of rotatable bonds is 7. The molecular formula is C18H23NO. The highest BCUT2D eigenvalue weighted by Crippen LogP contribution is 2.09. The van der Waals surface area contributed by atoms with Crippen LogP contribution in [-0.2, 0) is 6.42 Å². The number of aromatic nitrogens is 1. The van der Waals surface area contributed by atoms with Gasteiger partial charge in [-0.1, -0.05) is 44.1 Å². The lowest BCUT2D eigenvalue weighted by molar-refractivity contribution is 0.727. The SMILES string of the molecule is CCCCCC=CCCc1cc(=O)c2ccccc2[nH]1. The third-order valence-electron chi connectivity index (χ3n) is 3.51. The highest BCUT2D eigenvalue weighted by Gasteiger charge is 2.00. The summed E-state index contributed by atoms with van der Waals surface area (Å²) in [6.07, 6.45) is 11.4. The second-order valence-corrected chi connectivity index (χ2v) is 5.21. The predicted octanol–water partition coefficient (Wildman–Crippen LogP) is 4.60. The van der Waals surface area contributed by atoms with Crippen LogP contribution in [0.1, 0.15) is 44.7 Å². The van der Waals surface area contributed by atoms with Gasteiger partial charge in [0.2, 0.25) is 0 Å². The van der Waals surface area contributed by atoms with Crippen LogP contribution in [0.3, 0.4) is 0 Å². The van der Waals surface area contributed by atoms with Crippen molar-refractivity contribution in [2.75, 3.05) is 0 Å². The summed E-state index contributed by atoms with van der Waals surface area (Å²) in [5.74, 6) is 0.